The molecule has 2 heterocycles. The molecule has 0 unspecified atom stereocenters. The number of fused-ring (bicyclic) bond motifs is 1. The van der Waals surface area contributed by atoms with Gasteiger partial charge in [-0.3, -0.25) is 0 Å². The maximum absolute atomic E-state index is 4.82. The SMILES string of the molecule is Cc1cc2ccccc2nc1N1CCCCC1.Cl. The number of anilines is 1. The van der Waals surface area contributed by atoms with Crippen LogP contribution in [-0.4, -0.2) is 18.1 Å². The molecule has 0 saturated carbocycles. The fourth-order valence-corrected chi connectivity index (χ4v) is 2.64. The molecule has 1 saturated heterocycles. The van der Waals surface area contributed by atoms with Crippen LogP contribution in [0.1, 0.15) is 24.8 Å². The summed E-state index contributed by atoms with van der Waals surface area (Å²) in [6.07, 6.45) is 3.96. The molecule has 1 aromatic heterocycles. The second-order valence-corrected chi connectivity index (χ2v) is 4.87. The maximum Gasteiger partial charge on any atom is 0.132 e. The molecule has 0 N–H and O–H groups in total. The van der Waals surface area contributed by atoms with Crippen molar-refractivity contribution >= 4 is 29.1 Å². The number of para-hydroxylation sites is 1. The predicted molar refractivity (Wildman–Crippen MR) is 79.8 cm³/mol. The number of aromatic nitrogens is 1. The molecule has 18 heavy (non-hydrogen) atoms. The molecule has 3 rings (SSSR count). The summed E-state index contributed by atoms with van der Waals surface area (Å²) in [5.74, 6) is 1.18. The minimum absolute atomic E-state index is 0. The van der Waals surface area contributed by atoms with E-state index in [4.69, 9.17) is 4.98 Å². The van der Waals surface area contributed by atoms with Gasteiger partial charge in [-0.25, -0.2) is 4.98 Å². The van der Waals surface area contributed by atoms with E-state index in [2.05, 4.69) is 42.2 Å². The predicted octanol–water partition coefficient (Wildman–Crippen LogP) is 3.96. The van der Waals surface area contributed by atoms with Crippen LogP contribution in [0.5, 0.6) is 0 Å². The van der Waals surface area contributed by atoms with Gasteiger partial charge in [0, 0.05) is 18.5 Å². The number of piperidine rings is 1. The lowest BCUT2D eigenvalue weighted by molar-refractivity contribution is 0.573. The van der Waals surface area contributed by atoms with Gasteiger partial charge in [-0.15, -0.1) is 12.4 Å². The second kappa shape index (κ2) is 5.57. The molecule has 0 radical (unpaired) electrons. The summed E-state index contributed by atoms with van der Waals surface area (Å²) in [6, 6.07) is 10.6. The van der Waals surface area contributed by atoms with Crippen LogP contribution in [0.2, 0.25) is 0 Å². The van der Waals surface area contributed by atoms with E-state index < -0.39 is 0 Å². The van der Waals surface area contributed by atoms with Crippen LogP contribution >= 0.6 is 12.4 Å². The van der Waals surface area contributed by atoms with E-state index in [0.717, 1.165) is 18.6 Å². The summed E-state index contributed by atoms with van der Waals surface area (Å²) in [5, 5.41) is 1.24. The van der Waals surface area contributed by atoms with Crippen molar-refractivity contribution in [3.05, 3.63) is 35.9 Å². The molecule has 1 aliphatic heterocycles. The molecular weight excluding hydrogens is 244 g/mol. The first kappa shape index (κ1) is 13.2. The molecule has 1 fully saturated rings. The molecular formula is C15H19ClN2. The Bertz CT molecular complexity index is 533. The topological polar surface area (TPSA) is 16.1 Å². The second-order valence-electron chi connectivity index (χ2n) is 4.87. The number of nitrogens with zero attached hydrogens (tertiary/aromatic N) is 2. The van der Waals surface area contributed by atoms with Crippen LogP contribution in [0.15, 0.2) is 30.3 Å². The third-order valence-electron chi connectivity index (χ3n) is 3.54. The molecule has 0 amide bonds. The van der Waals surface area contributed by atoms with Gasteiger partial charge in [0.2, 0.25) is 0 Å². The fraction of sp³-hybridized carbons (Fsp3) is 0.400. The highest BCUT2D eigenvalue weighted by Crippen LogP contribution is 2.25. The summed E-state index contributed by atoms with van der Waals surface area (Å²) in [4.78, 5) is 7.26. The molecule has 2 nitrogen and oxygen atoms in total. The molecule has 1 aromatic carbocycles. The van der Waals surface area contributed by atoms with Crippen molar-refractivity contribution in [3.63, 3.8) is 0 Å². The Morgan fingerprint density at radius 1 is 1.06 bits per heavy atom. The number of benzene rings is 1. The van der Waals surface area contributed by atoms with Crippen LogP contribution in [-0.2, 0) is 0 Å². The molecule has 3 heteroatoms. The Labute approximate surface area is 114 Å². The largest absolute Gasteiger partial charge is 0.356 e. The van der Waals surface area contributed by atoms with Gasteiger partial charge >= 0.3 is 0 Å². The Hall–Kier alpha value is -1.28. The third-order valence-corrected chi connectivity index (χ3v) is 3.54. The lowest BCUT2D eigenvalue weighted by Crippen LogP contribution is -2.30. The quantitative estimate of drug-likeness (QED) is 0.774. The van der Waals surface area contributed by atoms with Gasteiger partial charge in [0.05, 0.1) is 5.52 Å². The average Bonchev–Trinajstić information content (AvgIpc) is 2.39. The van der Waals surface area contributed by atoms with Gasteiger partial charge in [0.15, 0.2) is 0 Å². The zero-order valence-corrected chi connectivity index (χ0v) is 11.5. The average molecular weight is 263 g/mol. The van der Waals surface area contributed by atoms with Crippen LogP contribution in [0.3, 0.4) is 0 Å². The van der Waals surface area contributed by atoms with E-state index in [1.54, 1.807) is 0 Å². The van der Waals surface area contributed by atoms with Gasteiger partial charge in [-0.2, -0.15) is 0 Å². The summed E-state index contributed by atoms with van der Waals surface area (Å²) in [7, 11) is 0. The number of aryl methyl sites for hydroxylation is 1. The lowest BCUT2D eigenvalue weighted by Gasteiger charge is -2.29. The number of pyridine rings is 1. The first-order chi connectivity index (χ1) is 8.34. The molecule has 96 valence electrons. The van der Waals surface area contributed by atoms with Gasteiger partial charge in [0.25, 0.3) is 0 Å². The number of hydrogen-bond acceptors (Lipinski definition) is 2. The maximum atomic E-state index is 4.82. The van der Waals surface area contributed by atoms with Crippen molar-refractivity contribution in [2.24, 2.45) is 0 Å². The van der Waals surface area contributed by atoms with Crippen molar-refractivity contribution < 1.29 is 0 Å². The molecule has 0 atom stereocenters. The van der Waals surface area contributed by atoms with Crippen molar-refractivity contribution in [2.45, 2.75) is 26.2 Å². The van der Waals surface area contributed by atoms with Gasteiger partial charge in [-0.05, 0) is 43.9 Å². The molecule has 2 aromatic rings. The molecule has 0 bridgehead atoms. The first-order valence-electron chi connectivity index (χ1n) is 6.46. The van der Waals surface area contributed by atoms with Crippen molar-refractivity contribution in [1.29, 1.82) is 0 Å². The van der Waals surface area contributed by atoms with E-state index in [-0.39, 0.29) is 12.4 Å². The van der Waals surface area contributed by atoms with E-state index >= 15 is 0 Å². The standard InChI is InChI=1S/C15H18N2.ClH/c1-12-11-13-7-3-4-8-14(13)16-15(12)17-9-5-2-6-10-17;/h3-4,7-8,11H,2,5-6,9-10H2,1H3;1H. The van der Waals surface area contributed by atoms with Gasteiger partial charge in [-0.1, -0.05) is 18.2 Å². The third kappa shape index (κ3) is 2.44. The highest BCUT2D eigenvalue weighted by molar-refractivity contribution is 5.85. The van der Waals surface area contributed by atoms with Crippen molar-refractivity contribution in [1.82, 2.24) is 4.98 Å². The van der Waals surface area contributed by atoms with Crippen LogP contribution in [0.25, 0.3) is 10.9 Å². The van der Waals surface area contributed by atoms with Crippen LogP contribution in [0, 0.1) is 6.92 Å². The first-order valence-corrected chi connectivity index (χ1v) is 6.46. The van der Waals surface area contributed by atoms with E-state index in [9.17, 15) is 0 Å². The van der Waals surface area contributed by atoms with Crippen molar-refractivity contribution in [2.75, 3.05) is 18.0 Å². The van der Waals surface area contributed by atoms with Gasteiger partial charge in [0.1, 0.15) is 5.82 Å². The monoisotopic (exact) mass is 262 g/mol. The summed E-state index contributed by atoms with van der Waals surface area (Å²) in [5.41, 5.74) is 2.41. The zero-order chi connectivity index (χ0) is 11.7. The molecule has 0 spiro atoms. The summed E-state index contributed by atoms with van der Waals surface area (Å²) in [6.45, 7) is 4.49. The summed E-state index contributed by atoms with van der Waals surface area (Å²) < 4.78 is 0. The number of hydrogen-bond donors (Lipinski definition) is 0. The highest BCUT2D eigenvalue weighted by Gasteiger charge is 2.14. The van der Waals surface area contributed by atoms with E-state index in [0.29, 0.717) is 0 Å². The normalized spacial score (nSPS) is 15.5. The Morgan fingerprint density at radius 3 is 2.56 bits per heavy atom. The fourth-order valence-electron chi connectivity index (χ4n) is 2.64. The Balaban J connectivity index is 0.00000120. The zero-order valence-electron chi connectivity index (χ0n) is 10.7. The highest BCUT2D eigenvalue weighted by atomic mass is 35.5. The molecule has 0 aliphatic carbocycles. The van der Waals surface area contributed by atoms with Crippen molar-refractivity contribution in [3.8, 4) is 0 Å². The smallest absolute Gasteiger partial charge is 0.132 e. The Morgan fingerprint density at radius 2 is 1.78 bits per heavy atom. The van der Waals surface area contributed by atoms with Crippen LogP contribution in [0.4, 0.5) is 5.82 Å². The van der Waals surface area contributed by atoms with E-state index in [1.807, 2.05) is 0 Å². The number of rotatable bonds is 1. The number of halogens is 1. The van der Waals surface area contributed by atoms with E-state index in [1.165, 1.54) is 36.0 Å². The minimum Gasteiger partial charge on any atom is -0.356 e. The lowest BCUT2D eigenvalue weighted by atomic mass is 10.1. The molecule has 1 aliphatic rings. The Kier molecular flexibility index (Phi) is 4.07. The summed E-state index contributed by atoms with van der Waals surface area (Å²) >= 11 is 0. The minimum atomic E-state index is 0. The van der Waals surface area contributed by atoms with Gasteiger partial charge < -0.3 is 4.90 Å². The van der Waals surface area contributed by atoms with Crippen LogP contribution < -0.4 is 4.90 Å².